The zero-order valence-electron chi connectivity index (χ0n) is 9.52. The van der Waals surface area contributed by atoms with Crippen LogP contribution in [0.1, 0.15) is 11.1 Å². The number of nitrogens with two attached hydrogens (primary N) is 2. The number of phenols is 1. The number of phenolic OH excluding ortho intramolecular Hbond substituents is 1. The van der Waals surface area contributed by atoms with E-state index in [1.807, 2.05) is 0 Å². The summed E-state index contributed by atoms with van der Waals surface area (Å²) in [5.41, 5.74) is 12.0. The predicted molar refractivity (Wildman–Crippen MR) is 69.7 cm³/mol. The fraction of sp³-hybridized carbons (Fsp3) is 0.200. The Hall–Kier alpha value is -1.95. The topological polar surface area (TPSA) is 114 Å². The van der Waals surface area contributed by atoms with Gasteiger partial charge < -0.3 is 21.9 Å². The van der Waals surface area contributed by atoms with Gasteiger partial charge in [0.15, 0.2) is 5.96 Å². The molecule has 0 saturated heterocycles. The summed E-state index contributed by atoms with van der Waals surface area (Å²) in [5, 5.41) is 12.0. The van der Waals surface area contributed by atoms with Crippen molar-refractivity contribution < 1.29 is 9.90 Å². The summed E-state index contributed by atoms with van der Waals surface area (Å²) < 4.78 is 0. The number of guanidine groups is 1. The summed E-state index contributed by atoms with van der Waals surface area (Å²) in [4.78, 5) is 14.6. The van der Waals surface area contributed by atoms with Gasteiger partial charge in [0.2, 0.25) is 0 Å². The maximum Gasteiger partial charge on any atom is 0.348 e. The third-order valence-electron chi connectivity index (χ3n) is 2.11. The number of nitrogens with zero attached hydrogens (tertiary/aromatic N) is 1. The van der Waals surface area contributed by atoms with Crippen molar-refractivity contribution in [1.82, 2.24) is 0 Å². The Morgan fingerprint density at radius 3 is 2.47 bits per heavy atom. The number of amides is 2. The van der Waals surface area contributed by atoms with Crippen LogP contribution in [0, 0.1) is 13.8 Å². The van der Waals surface area contributed by atoms with Crippen LogP contribution in [0.25, 0.3) is 0 Å². The first kappa shape index (κ1) is 15.0. The first-order valence-corrected chi connectivity index (χ1v) is 4.61. The minimum atomic E-state index is -0.670. The van der Waals surface area contributed by atoms with Crippen LogP contribution in [0.5, 0.6) is 5.75 Å². The zero-order chi connectivity index (χ0) is 12.3. The second kappa shape index (κ2) is 5.95. The lowest BCUT2D eigenvalue weighted by Crippen LogP contribution is -2.25. The lowest BCUT2D eigenvalue weighted by Gasteiger charge is -2.10. The van der Waals surface area contributed by atoms with E-state index >= 15 is 0 Å². The number of hydrogen-bond acceptors (Lipinski definition) is 2. The van der Waals surface area contributed by atoms with Crippen LogP contribution in [0.4, 0.5) is 10.5 Å². The highest BCUT2D eigenvalue weighted by Gasteiger charge is 2.09. The van der Waals surface area contributed by atoms with Gasteiger partial charge in [0.05, 0.1) is 5.69 Å². The van der Waals surface area contributed by atoms with Crippen molar-refractivity contribution in [3.8, 4) is 5.75 Å². The largest absolute Gasteiger partial charge is 0.508 e. The Labute approximate surface area is 105 Å². The molecular formula is C10H15ClN4O2. The Bertz CT molecular complexity index is 456. The van der Waals surface area contributed by atoms with Gasteiger partial charge in [-0.05, 0) is 25.5 Å². The van der Waals surface area contributed by atoms with Crippen molar-refractivity contribution in [2.24, 2.45) is 16.5 Å². The van der Waals surface area contributed by atoms with E-state index in [1.165, 1.54) is 0 Å². The highest BCUT2D eigenvalue weighted by molar-refractivity contribution is 5.99. The van der Waals surface area contributed by atoms with Gasteiger partial charge in [0, 0.05) is 5.56 Å². The fourth-order valence-electron chi connectivity index (χ4n) is 1.28. The molecule has 2 amide bonds. The molecule has 7 heteroatoms. The maximum atomic E-state index is 11.3. The Morgan fingerprint density at radius 2 is 1.94 bits per heavy atom. The van der Waals surface area contributed by atoms with Gasteiger partial charge in [0.25, 0.3) is 0 Å². The maximum absolute atomic E-state index is 11.3. The number of hydrogen-bond donors (Lipinski definition) is 4. The van der Waals surface area contributed by atoms with Crippen molar-refractivity contribution >= 4 is 30.1 Å². The molecule has 0 unspecified atom stereocenters. The van der Waals surface area contributed by atoms with Gasteiger partial charge in [-0.1, -0.05) is 6.07 Å². The number of nitrogens with one attached hydrogen (secondary N) is 1. The second-order valence-corrected chi connectivity index (χ2v) is 3.37. The number of benzene rings is 1. The summed E-state index contributed by atoms with van der Waals surface area (Å²) in [6, 6.07) is 2.57. The van der Waals surface area contributed by atoms with E-state index in [1.54, 1.807) is 26.0 Å². The van der Waals surface area contributed by atoms with E-state index in [-0.39, 0.29) is 24.1 Å². The lowest BCUT2D eigenvalue weighted by atomic mass is 10.1. The Balaban J connectivity index is 0.00000256. The molecule has 6 nitrogen and oxygen atoms in total. The van der Waals surface area contributed by atoms with E-state index in [0.717, 1.165) is 5.56 Å². The minimum absolute atomic E-state index is 0. The normalized spacial score (nSPS) is 9.06. The van der Waals surface area contributed by atoms with E-state index in [0.29, 0.717) is 11.3 Å². The number of rotatable bonds is 1. The minimum Gasteiger partial charge on any atom is -0.508 e. The predicted octanol–water partition coefficient (Wildman–Crippen LogP) is 1.24. The average Bonchev–Trinajstić information content (AvgIpc) is 2.17. The molecule has 0 aromatic heterocycles. The van der Waals surface area contributed by atoms with Gasteiger partial charge in [-0.25, -0.2) is 4.79 Å². The molecule has 0 radical (unpaired) electrons. The molecule has 0 aliphatic heterocycles. The molecule has 1 aromatic carbocycles. The smallest absolute Gasteiger partial charge is 0.348 e. The monoisotopic (exact) mass is 258 g/mol. The number of halogens is 1. The average molecular weight is 259 g/mol. The molecule has 6 N–H and O–H groups in total. The van der Waals surface area contributed by atoms with Crippen LogP contribution >= 0.6 is 12.4 Å². The zero-order valence-corrected chi connectivity index (χ0v) is 10.3. The quantitative estimate of drug-likeness (QED) is 0.448. The van der Waals surface area contributed by atoms with Crippen LogP contribution in [-0.4, -0.2) is 17.1 Å². The molecule has 0 heterocycles. The molecule has 0 bridgehead atoms. The third kappa shape index (κ3) is 3.84. The SMILES string of the molecule is Cc1ccc(O)c(C)c1NC(=O)N=C(N)N.Cl. The van der Waals surface area contributed by atoms with Crippen LogP contribution in [-0.2, 0) is 0 Å². The molecule has 0 aliphatic rings. The molecule has 1 rings (SSSR count). The molecule has 0 aliphatic carbocycles. The van der Waals surface area contributed by atoms with Crippen LogP contribution in [0.15, 0.2) is 17.1 Å². The highest BCUT2D eigenvalue weighted by Crippen LogP contribution is 2.27. The molecule has 1 aromatic rings. The van der Waals surface area contributed by atoms with Crippen molar-refractivity contribution in [2.75, 3.05) is 5.32 Å². The number of carbonyl (C=O) groups excluding carboxylic acids is 1. The fourth-order valence-corrected chi connectivity index (χ4v) is 1.28. The first-order valence-electron chi connectivity index (χ1n) is 4.61. The molecule has 0 fully saturated rings. The summed E-state index contributed by atoms with van der Waals surface area (Å²) in [7, 11) is 0. The Morgan fingerprint density at radius 1 is 1.35 bits per heavy atom. The highest BCUT2D eigenvalue weighted by atomic mass is 35.5. The summed E-state index contributed by atoms with van der Waals surface area (Å²) in [6.45, 7) is 3.49. The number of aryl methyl sites for hydroxylation is 1. The van der Waals surface area contributed by atoms with Crippen molar-refractivity contribution in [1.29, 1.82) is 0 Å². The van der Waals surface area contributed by atoms with Gasteiger partial charge in [-0.3, -0.25) is 0 Å². The van der Waals surface area contributed by atoms with E-state index < -0.39 is 6.03 Å². The molecule has 0 spiro atoms. The van der Waals surface area contributed by atoms with Gasteiger partial charge >= 0.3 is 6.03 Å². The molecule has 0 saturated carbocycles. The van der Waals surface area contributed by atoms with Crippen molar-refractivity contribution in [3.63, 3.8) is 0 Å². The molecule has 0 atom stereocenters. The Kier molecular flexibility index (Phi) is 5.27. The van der Waals surface area contributed by atoms with Crippen molar-refractivity contribution in [3.05, 3.63) is 23.3 Å². The van der Waals surface area contributed by atoms with Crippen LogP contribution in [0.2, 0.25) is 0 Å². The van der Waals surface area contributed by atoms with E-state index in [9.17, 15) is 9.90 Å². The van der Waals surface area contributed by atoms with Crippen LogP contribution < -0.4 is 16.8 Å². The summed E-state index contributed by atoms with van der Waals surface area (Å²) in [6.07, 6.45) is 0. The van der Waals surface area contributed by atoms with Gasteiger partial charge in [0.1, 0.15) is 5.75 Å². The molecule has 94 valence electrons. The first-order chi connectivity index (χ1) is 7.41. The number of aromatic hydroxyl groups is 1. The molecular weight excluding hydrogens is 244 g/mol. The third-order valence-corrected chi connectivity index (χ3v) is 2.11. The number of anilines is 1. The number of aliphatic imine (C=N–C) groups is 1. The lowest BCUT2D eigenvalue weighted by molar-refractivity contribution is 0.259. The van der Waals surface area contributed by atoms with Crippen molar-refractivity contribution in [2.45, 2.75) is 13.8 Å². The van der Waals surface area contributed by atoms with Gasteiger partial charge in [-0.2, -0.15) is 4.99 Å². The standard InChI is InChI=1S/C10H14N4O2.ClH/c1-5-3-4-7(15)6(2)8(5)13-10(16)14-9(11)12;/h3-4,15H,1-2H3,(H5,11,12,13,14,16);1H. The van der Waals surface area contributed by atoms with E-state index in [2.05, 4.69) is 10.3 Å². The summed E-state index contributed by atoms with van der Waals surface area (Å²) >= 11 is 0. The summed E-state index contributed by atoms with van der Waals surface area (Å²) in [5.74, 6) is -0.210. The number of urea groups is 1. The van der Waals surface area contributed by atoms with Gasteiger partial charge in [-0.15, -0.1) is 12.4 Å². The number of carbonyl (C=O) groups is 1. The van der Waals surface area contributed by atoms with E-state index in [4.69, 9.17) is 11.5 Å². The van der Waals surface area contributed by atoms with Crippen LogP contribution in [0.3, 0.4) is 0 Å². The molecule has 17 heavy (non-hydrogen) atoms. The second-order valence-electron chi connectivity index (χ2n) is 3.37.